The van der Waals surface area contributed by atoms with Gasteiger partial charge in [0.25, 0.3) is 0 Å². The number of hydrogen-bond acceptors (Lipinski definition) is 5. The number of nitrogens with zero attached hydrogens (tertiary/aromatic N) is 3. The van der Waals surface area contributed by atoms with Crippen molar-refractivity contribution in [3.05, 3.63) is 59.1 Å². The van der Waals surface area contributed by atoms with Crippen molar-refractivity contribution >= 4 is 37.5 Å². The SMILES string of the molecule is CCN(CC)S(=O)(=O)c1ccc(CCC(=O)N2CCCCC2c2nc3ccccc3s2)cc1. The largest absolute Gasteiger partial charge is 0.333 e. The molecule has 0 bridgehead atoms. The second kappa shape index (κ2) is 10.3. The Morgan fingerprint density at radius 3 is 2.52 bits per heavy atom. The summed E-state index contributed by atoms with van der Waals surface area (Å²) < 4.78 is 28.0. The summed E-state index contributed by atoms with van der Waals surface area (Å²) >= 11 is 1.68. The van der Waals surface area contributed by atoms with Gasteiger partial charge in [-0.2, -0.15) is 4.31 Å². The first kappa shape index (κ1) is 23.9. The van der Waals surface area contributed by atoms with E-state index in [1.807, 2.05) is 49.1 Å². The van der Waals surface area contributed by atoms with Crippen LogP contribution in [0.15, 0.2) is 53.4 Å². The first-order valence-electron chi connectivity index (χ1n) is 11.7. The van der Waals surface area contributed by atoms with E-state index < -0.39 is 10.0 Å². The van der Waals surface area contributed by atoms with Crippen LogP contribution in [0.2, 0.25) is 0 Å². The molecule has 1 unspecified atom stereocenters. The van der Waals surface area contributed by atoms with Crippen LogP contribution in [-0.2, 0) is 21.2 Å². The number of piperidine rings is 1. The van der Waals surface area contributed by atoms with Crippen LogP contribution in [0.3, 0.4) is 0 Å². The average molecular weight is 486 g/mol. The average Bonchev–Trinajstić information content (AvgIpc) is 3.27. The fraction of sp³-hybridized carbons (Fsp3) is 0.440. The highest BCUT2D eigenvalue weighted by atomic mass is 32.2. The van der Waals surface area contributed by atoms with E-state index in [1.165, 1.54) is 4.31 Å². The predicted octanol–water partition coefficient (Wildman–Crippen LogP) is 5.01. The molecule has 0 spiro atoms. The van der Waals surface area contributed by atoms with Gasteiger partial charge in [0.15, 0.2) is 0 Å². The Kier molecular flexibility index (Phi) is 7.46. The topological polar surface area (TPSA) is 70.6 Å². The number of rotatable bonds is 8. The minimum atomic E-state index is -3.46. The molecule has 4 rings (SSSR count). The van der Waals surface area contributed by atoms with E-state index in [1.54, 1.807) is 23.5 Å². The molecule has 0 radical (unpaired) electrons. The van der Waals surface area contributed by atoms with Gasteiger partial charge in [-0.1, -0.05) is 38.1 Å². The van der Waals surface area contributed by atoms with E-state index in [-0.39, 0.29) is 11.9 Å². The van der Waals surface area contributed by atoms with Gasteiger partial charge in [-0.05, 0) is 55.5 Å². The summed E-state index contributed by atoms with van der Waals surface area (Å²) in [7, 11) is -3.46. The molecule has 6 nitrogen and oxygen atoms in total. The molecule has 8 heteroatoms. The van der Waals surface area contributed by atoms with Crippen molar-refractivity contribution in [1.82, 2.24) is 14.2 Å². The zero-order valence-electron chi connectivity index (χ0n) is 19.2. The minimum Gasteiger partial charge on any atom is -0.333 e. The van der Waals surface area contributed by atoms with Gasteiger partial charge in [0.2, 0.25) is 15.9 Å². The smallest absolute Gasteiger partial charge is 0.243 e. The Labute approximate surface area is 200 Å². The quantitative estimate of drug-likeness (QED) is 0.450. The van der Waals surface area contributed by atoms with E-state index in [4.69, 9.17) is 4.98 Å². The molecule has 0 saturated carbocycles. The number of hydrogen-bond donors (Lipinski definition) is 0. The Hall–Kier alpha value is -2.29. The Balaban J connectivity index is 1.43. The summed E-state index contributed by atoms with van der Waals surface area (Å²) in [5.74, 6) is 0.138. The molecule has 0 aliphatic carbocycles. The number of amides is 1. The first-order chi connectivity index (χ1) is 15.9. The lowest BCUT2D eigenvalue weighted by molar-refractivity contribution is -0.135. The van der Waals surface area contributed by atoms with Gasteiger partial charge in [0.05, 0.1) is 21.2 Å². The number of aromatic nitrogens is 1. The van der Waals surface area contributed by atoms with E-state index in [9.17, 15) is 13.2 Å². The third-order valence-electron chi connectivity index (χ3n) is 6.31. The Morgan fingerprint density at radius 2 is 1.82 bits per heavy atom. The molecule has 1 aliphatic heterocycles. The molecule has 2 aromatic carbocycles. The number of aryl methyl sites for hydroxylation is 1. The molecule has 1 atom stereocenters. The standard InChI is InChI=1S/C25H31N3O3S2/c1-3-27(4-2)33(30,31)20-15-12-19(13-16-20)14-17-24(29)28-18-8-7-10-22(28)25-26-21-9-5-6-11-23(21)32-25/h5-6,9,11-13,15-16,22H,3-4,7-8,10,14,17-18H2,1-2H3. The first-order valence-corrected chi connectivity index (χ1v) is 13.9. The molecule has 33 heavy (non-hydrogen) atoms. The molecule has 1 aromatic heterocycles. The number of carbonyl (C=O) groups excluding carboxylic acids is 1. The molecule has 2 heterocycles. The van der Waals surface area contributed by atoms with Gasteiger partial charge in [-0.3, -0.25) is 4.79 Å². The third-order valence-corrected chi connectivity index (χ3v) is 9.51. The van der Waals surface area contributed by atoms with Crippen LogP contribution in [0.5, 0.6) is 0 Å². The van der Waals surface area contributed by atoms with Crippen molar-refractivity contribution in [2.24, 2.45) is 0 Å². The van der Waals surface area contributed by atoms with Crippen molar-refractivity contribution in [3.8, 4) is 0 Å². The van der Waals surface area contributed by atoms with Gasteiger partial charge in [-0.25, -0.2) is 13.4 Å². The lowest BCUT2D eigenvalue weighted by Crippen LogP contribution is -2.38. The number of fused-ring (bicyclic) bond motifs is 1. The minimum absolute atomic E-state index is 0.0465. The molecule has 1 saturated heterocycles. The van der Waals surface area contributed by atoms with Crippen molar-refractivity contribution < 1.29 is 13.2 Å². The number of para-hydroxylation sites is 1. The number of carbonyl (C=O) groups is 1. The number of thiazole rings is 1. The lowest BCUT2D eigenvalue weighted by Gasteiger charge is -2.34. The second-order valence-corrected chi connectivity index (χ2v) is 11.4. The monoisotopic (exact) mass is 485 g/mol. The molecule has 3 aromatic rings. The highest BCUT2D eigenvalue weighted by Crippen LogP contribution is 2.36. The molecule has 176 valence electrons. The molecule has 0 N–H and O–H groups in total. The zero-order valence-corrected chi connectivity index (χ0v) is 20.9. The van der Waals surface area contributed by atoms with Crippen molar-refractivity contribution in [3.63, 3.8) is 0 Å². The maximum absolute atomic E-state index is 13.2. The summed E-state index contributed by atoms with van der Waals surface area (Å²) in [6.07, 6.45) is 4.07. The Morgan fingerprint density at radius 1 is 1.09 bits per heavy atom. The van der Waals surface area contributed by atoms with Gasteiger partial charge < -0.3 is 4.90 Å². The summed E-state index contributed by atoms with van der Waals surface area (Å²) in [6.45, 7) is 5.33. The van der Waals surface area contributed by atoms with Crippen molar-refractivity contribution in [2.75, 3.05) is 19.6 Å². The number of benzene rings is 2. The van der Waals surface area contributed by atoms with Crippen molar-refractivity contribution in [2.45, 2.75) is 56.9 Å². The van der Waals surface area contributed by atoms with Gasteiger partial charge in [0.1, 0.15) is 5.01 Å². The number of sulfonamides is 1. The van der Waals surface area contributed by atoms with Crippen LogP contribution in [-0.4, -0.2) is 48.1 Å². The van der Waals surface area contributed by atoms with Crippen LogP contribution in [0.1, 0.15) is 56.1 Å². The second-order valence-electron chi connectivity index (χ2n) is 8.35. The summed E-state index contributed by atoms with van der Waals surface area (Å²) in [5, 5.41) is 1.02. The fourth-order valence-electron chi connectivity index (χ4n) is 4.45. The molecular formula is C25H31N3O3S2. The highest BCUT2D eigenvalue weighted by Gasteiger charge is 2.30. The van der Waals surface area contributed by atoms with Crippen molar-refractivity contribution in [1.29, 1.82) is 0 Å². The van der Waals surface area contributed by atoms with Crippen LogP contribution in [0.25, 0.3) is 10.2 Å². The van der Waals surface area contributed by atoms with Gasteiger partial charge >= 0.3 is 0 Å². The van der Waals surface area contributed by atoms with E-state index >= 15 is 0 Å². The summed E-state index contributed by atoms with van der Waals surface area (Å²) in [4.78, 5) is 20.3. The third kappa shape index (κ3) is 5.13. The predicted molar refractivity (Wildman–Crippen MR) is 133 cm³/mol. The van der Waals surface area contributed by atoms with E-state index in [0.717, 1.165) is 46.6 Å². The molecule has 1 fully saturated rings. The van der Waals surface area contributed by atoms with E-state index in [0.29, 0.717) is 30.8 Å². The van der Waals surface area contributed by atoms with Gasteiger partial charge in [0, 0.05) is 26.1 Å². The maximum atomic E-state index is 13.2. The number of likely N-dealkylation sites (tertiary alicyclic amines) is 1. The summed E-state index contributed by atoms with van der Waals surface area (Å²) in [6, 6.07) is 15.1. The van der Waals surface area contributed by atoms with E-state index in [2.05, 4.69) is 6.07 Å². The summed E-state index contributed by atoms with van der Waals surface area (Å²) in [5.41, 5.74) is 1.96. The van der Waals surface area contributed by atoms with Crippen LogP contribution < -0.4 is 0 Å². The highest BCUT2D eigenvalue weighted by molar-refractivity contribution is 7.89. The van der Waals surface area contributed by atoms with Crippen LogP contribution in [0.4, 0.5) is 0 Å². The maximum Gasteiger partial charge on any atom is 0.243 e. The zero-order chi connectivity index (χ0) is 23.4. The van der Waals surface area contributed by atoms with Gasteiger partial charge in [-0.15, -0.1) is 11.3 Å². The van der Waals surface area contributed by atoms with Crippen LogP contribution in [0, 0.1) is 0 Å². The fourth-order valence-corrected chi connectivity index (χ4v) is 7.03. The molecule has 1 amide bonds. The normalized spacial score (nSPS) is 17.1. The molecular weight excluding hydrogens is 454 g/mol. The molecule has 1 aliphatic rings. The van der Waals surface area contributed by atoms with Crippen LogP contribution >= 0.6 is 11.3 Å². The lowest BCUT2D eigenvalue weighted by atomic mass is 10.0. The Bertz CT molecular complexity index is 1170.